The second-order valence-electron chi connectivity index (χ2n) is 5.46. The van der Waals surface area contributed by atoms with Gasteiger partial charge in [-0.1, -0.05) is 11.2 Å². The number of aromatic nitrogens is 4. The van der Waals surface area contributed by atoms with E-state index in [1.54, 1.807) is 17.8 Å². The molecule has 2 aromatic heterocycles. The Morgan fingerprint density at radius 1 is 1.13 bits per heavy atom. The molecule has 1 aromatic carbocycles. The number of aryl methyl sites for hydroxylation is 4. The highest BCUT2D eigenvalue weighted by atomic mass is 16.4. The molecule has 0 bridgehead atoms. The van der Waals surface area contributed by atoms with E-state index < -0.39 is 0 Å². The Morgan fingerprint density at radius 2 is 1.91 bits per heavy atom. The van der Waals surface area contributed by atoms with Gasteiger partial charge in [0, 0.05) is 12.6 Å². The number of amides is 1. The van der Waals surface area contributed by atoms with E-state index in [0.29, 0.717) is 17.1 Å². The van der Waals surface area contributed by atoms with Crippen LogP contribution in [0, 0.1) is 20.8 Å². The zero-order chi connectivity index (χ0) is 16.6. The molecule has 118 valence electrons. The minimum absolute atomic E-state index is 0.0575. The van der Waals surface area contributed by atoms with Crippen LogP contribution in [0.25, 0.3) is 11.6 Å². The summed E-state index contributed by atoms with van der Waals surface area (Å²) in [5.74, 6) is 0.0213. The minimum Gasteiger partial charge on any atom is -0.401 e. The molecule has 23 heavy (non-hydrogen) atoms. The predicted molar refractivity (Wildman–Crippen MR) is 85.1 cm³/mol. The molecule has 3 aromatic rings. The number of nitrogens with zero attached hydrogens (tertiary/aromatic N) is 4. The molecule has 0 aliphatic carbocycles. The maximum Gasteiger partial charge on any atom is 0.322 e. The Labute approximate surface area is 133 Å². The van der Waals surface area contributed by atoms with Crippen LogP contribution in [0.5, 0.6) is 0 Å². The van der Waals surface area contributed by atoms with Crippen LogP contribution in [-0.2, 0) is 7.05 Å². The first kappa shape index (κ1) is 15.0. The third-order valence-corrected chi connectivity index (χ3v) is 3.64. The van der Waals surface area contributed by atoms with Crippen LogP contribution < -0.4 is 5.32 Å². The van der Waals surface area contributed by atoms with Crippen molar-refractivity contribution in [3.05, 3.63) is 46.6 Å². The van der Waals surface area contributed by atoms with Crippen LogP contribution in [-0.4, -0.2) is 25.9 Å². The van der Waals surface area contributed by atoms with Crippen LogP contribution in [0.4, 0.5) is 6.01 Å². The number of carbonyl (C=O) groups excluding carboxylic acids is 1. The van der Waals surface area contributed by atoms with Gasteiger partial charge >= 0.3 is 6.01 Å². The molecule has 0 spiro atoms. The number of hydrogen-bond acceptors (Lipinski definition) is 5. The van der Waals surface area contributed by atoms with Gasteiger partial charge in [0.25, 0.3) is 11.8 Å². The average molecular weight is 311 g/mol. The molecule has 0 fully saturated rings. The van der Waals surface area contributed by atoms with Gasteiger partial charge in [-0.15, -0.1) is 5.10 Å². The summed E-state index contributed by atoms with van der Waals surface area (Å²) in [4.78, 5) is 12.2. The monoisotopic (exact) mass is 311 g/mol. The summed E-state index contributed by atoms with van der Waals surface area (Å²) < 4.78 is 7.15. The quantitative estimate of drug-likeness (QED) is 0.803. The summed E-state index contributed by atoms with van der Waals surface area (Å²) >= 11 is 0. The molecule has 0 aliphatic rings. The van der Waals surface area contributed by atoms with Crippen molar-refractivity contribution in [3.63, 3.8) is 0 Å². The van der Waals surface area contributed by atoms with Gasteiger partial charge in [-0.05, 0) is 50.1 Å². The lowest BCUT2D eigenvalue weighted by atomic mass is 10.1. The van der Waals surface area contributed by atoms with Gasteiger partial charge in [0.15, 0.2) is 0 Å². The van der Waals surface area contributed by atoms with E-state index >= 15 is 0 Å². The number of rotatable bonds is 3. The number of hydrogen-bond donors (Lipinski definition) is 1. The minimum atomic E-state index is -0.288. The fourth-order valence-corrected chi connectivity index (χ4v) is 2.24. The lowest BCUT2D eigenvalue weighted by Crippen LogP contribution is -2.12. The molecular weight excluding hydrogens is 294 g/mol. The summed E-state index contributed by atoms with van der Waals surface area (Å²) in [5.41, 5.74) is 4.27. The number of benzene rings is 1. The molecule has 0 saturated carbocycles. The molecule has 2 heterocycles. The van der Waals surface area contributed by atoms with Crippen molar-refractivity contribution < 1.29 is 9.21 Å². The lowest BCUT2D eigenvalue weighted by molar-refractivity contribution is 0.102. The van der Waals surface area contributed by atoms with Crippen LogP contribution >= 0.6 is 0 Å². The van der Waals surface area contributed by atoms with Crippen molar-refractivity contribution >= 4 is 11.9 Å². The Balaban J connectivity index is 1.80. The highest BCUT2D eigenvalue weighted by Gasteiger charge is 2.15. The van der Waals surface area contributed by atoms with Crippen molar-refractivity contribution in [3.8, 4) is 11.6 Å². The normalized spacial score (nSPS) is 10.8. The van der Waals surface area contributed by atoms with Crippen molar-refractivity contribution in [1.82, 2.24) is 20.0 Å². The number of anilines is 1. The Kier molecular flexibility index (Phi) is 3.69. The zero-order valence-electron chi connectivity index (χ0n) is 13.4. The molecule has 7 heteroatoms. The number of carbonyl (C=O) groups is 1. The zero-order valence-corrected chi connectivity index (χ0v) is 13.4. The topological polar surface area (TPSA) is 85.8 Å². The highest BCUT2D eigenvalue weighted by molar-refractivity contribution is 6.03. The van der Waals surface area contributed by atoms with E-state index in [0.717, 1.165) is 16.8 Å². The summed E-state index contributed by atoms with van der Waals surface area (Å²) in [5, 5.41) is 14.6. The first-order chi connectivity index (χ1) is 10.9. The molecule has 0 atom stereocenters. The van der Waals surface area contributed by atoms with Gasteiger partial charge in [-0.2, -0.15) is 5.10 Å². The van der Waals surface area contributed by atoms with Crippen LogP contribution in [0.2, 0.25) is 0 Å². The van der Waals surface area contributed by atoms with Crippen LogP contribution in [0.15, 0.2) is 28.7 Å². The summed E-state index contributed by atoms with van der Waals surface area (Å²) in [6.45, 7) is 5.83. The third-order valence-electron chi connectivity index (χ3n) is 3.64. The maximum absolute atomic E-state index is 12.2. The Morgan fingerprint density at radius 3 is 2.57 bits per heavy atom. The fourth-order valence-electron chi connectivity index (χ4n) is 2.24. The number of nitrogens with one attached hydrogen (secondary N) is 1. The van der Waals surface area contributed by atoms with E-state index in [-0.39, 0.29) is 11.9 Å². The van der Waals surface area contributed by atoms with Crippen molar-refractivity contribution in [2.75, 3.05) is 5.32 Å². The van der Waals surface area contributed by atoms with E-state index in [1.807, 2.05) is 39.0 Å². The molecule has 1 N–H and O–H groups in total. The van der Waals surface area contributed by atoms with Crippen molar-refractivity contribution in [2.24, 2.45) is 7.05 Å². The van der Waals surface area contributed by atoms with E-state index in [2.05, 4.69) is 20.6 Å². The summed E-state index contributed by atoms with van der Waals surface area (Å²) in [6.07, 6.45) is 0. The van der Waals surface area contributed by atoms with E-state index in [9.17, 15) is 4.79 Å². The van der Waals surface area contributed by atoms with Crippen LogP contribution in [0.3, 0.4) is 0 Å². The standard InChI is InChI=1S/C16H17N5O2/c1-9-5-6-12(7-10(9)2)14(22)17-16-19-18-15(23-16)13-8-11(3)20-21(13)4/h5-8H,1-4H3,(H,17,19,22). The molecule has 0 radical (unpaired) electrons. The molecule has 0 saturated heterocycles. The SMILES string of the molecule is Cc1cc(-c2nnc(NC(=O)c3ccc(C)c(C)c3)o2)n(C)n1. The molecule has 1 amide bonds. The van der Waals surface area contributed by atoms with Gasteiger partial charge in [0.05, 0.1) is 5.69 Å². The first-order valence-electron chi connectivity index (χ1n) is 7.17. The molecule has 0 unspecified atom stereocenters. The summed E-state index contributed by atoms with van der Waals surface area (Å²) in [7, 11) is 1.79. The highest BCUT2D eigenvalue weighted by Crippen LogP contribution is 2.20. The first-order valence-corrected chi connectivity index (χ1v) is 7.17. The molecule has 3 rings (SSSR count). The fraction of sp³-hybridized carbons (Fsp3) is 0.250. The average Bonchev–Trinajstić information content (AvgIpc) is 3.08. The van der Waals surface area contributed by atoms with E-state index in [1.165, 1.54) is 0 Å². The van der Waals surface area contributed by atoms with Gasteiger partial charge in [0.1, 0.15) is 5.69 Å². The van der Waals surface area contributed by atoms with Gasteiger partial charge in [-0.3, -0.25) is 14.8 Å². The van der Waals surface area contributed by atoms with Gasteiger partial charge in [-0.25, -0.2) is 0 Å². The lowest BCUT2D eigenvalue weighted by Gasteiger charge is -2.04. The van der Waals surface area contributed by atoms with Gasteiger partial charge < -0.3 is 4.42 Å². The second-order valence-corrected chi connectivity index (χ2v) is 5.46. The van der Waals surface area contributed by atoms with Gasteiger partial charge in [0.2, 0.25) is 0 Å². The third kappa shape index (κ3) is 2.98. The van der Waals surface area contributed by atoms with Crippen molar-refractivity contribution in [2.45, 2.75) is 20.8 Å². The van der Waals surface area contributed by atoms with E-state index in [4.69, 9.17) is 4.42 Å². The molecule has 0 aliphatic heterocycles. The van der Waals surface area contributed by atoms with Crippen LogP contribution in [0.1, 0.15) is 27.2 Å². The second kappa shape index (κ2) is 5.68. The summed E-state index contributed by atoms with van der Waals surface area (Å²) in [6, 6.07) is 7.39. The Bertz CT molecular complexity index is 878. The molecule has 7 nitrogen and oxygen atoms in total. The Hall–Kier alpha value is -2.96. The smallest absolute Gasteiger partial charge is 0.322 e. The largest absolute Gasteiger partial charge is 0.401 e. The maximum atomic E-state index is 12.2. The predicted octanol–water partition coefficient (Wildman–Crippen LogP) is 2.65. The molecular formula is C16H17N5O2. The van der Waals surface area contributed by atoms with Crippen molar-refractivity contribution in [1.29, 1.82) is 0 Å².